The van der Waals surface area contributed by atoms with Crippen LogP contribution in [0.4, 0.5) is 19.2 Å². The van der Waals surface area contributed by atoms with Gasteiger partial charge in [0.1, 0.15) is 12.2 Å². The minimum atomic E-state index is -0.764. The van der Waals surface area contributed by atoms with Crippen molar-refractivity contribution in [3.05, 3.63) is 0 Å². The number of hydrogen-bond donors (Lipinski definition) is 6. The summed E-state index contributed by atoms with van der Waals surface area (Å²) in [7, 11) is 0. The van der Waals surface area contributed by atoms with Gasteiger partial charge in [-0.05, 0) is 258 Å². The second-order valence-corrected chi connectivity index (χ2v) is 36.3. The summed E-state index contributed by atoms with van der Waals surface area (Å²) in [4.78, 5) is 79.2. The average molecular weight is 1320 g/mol. The molecule has 8 unspecified atom stereocenters. The van der Waals surface area contributed by atoms with Crippen LogP contribution in [-0.4, -0.2) is 124 Å². The molecule has 6 N–H and O–H groups in total. The van der Waals surface area contributed by atoms with Crippen molar-refractivity contribution in [3.8, 4) is 0 Å². The molecule has 94 heavy (non-hydrogen) atoms. The van der Waals surface area contributed by atoms with E-state index in [1.807, 2.05) is 0 Å². The van der Waals surface area contributed by atoms with Gasteiger partial charge >= 0.3 is 36.3 Å². The first-order valence-corrected chi connectivity index (χ1v) is 37.7. The number of rotatable bonds is 21. The number of carbonyl (C=O) groups is 6. The van der Waals surface area contributed by atoms with E-state index in [9.17, 15) is 39.0 Å². The molecule has 12 fully saturated rings. The van der Waals surface area contributed by atoms with Crippen LogP contribution >= 0.6 is 0 Å². The monoisotopic (exact) mass is 1310 g/mol. The Hall–Kier alpha value is -4.06. The highest BCUT2D eigenvalue weighted by Crippen LogP contribution is 2.80. The summed E-state index contributed by atoms with van der Waals surface area (Å²) >= 11 is 0. The molecule has 18 heteroatoms. The Kier molecular flexibility index (Phi) is 19.0. The predicted octanol–water partition coefficient (Wildman–Crippen LogP) is 14.6. The van der Waals surface area contributed by atoms with Crippen LogP contribution in [0, 0.1) is 125 Å². The molecule has 4 amide bonds. The molecule has 12 saturated carbocycles. The van der Waals surface area contributed by atoms with Gasteiger partial charge in [-0.3, -0.25) is 9.59 Å². The lowest BCUT2D eigenvalue weighted by Gasteiger charge is -2.72. The van der Waals surface area contributed by atoms with Crippen LogP contribution in [0.1, 0.15) is 237 Å². The molecule has 0 aromatic heterocycles. The van der Waals surface area contributed by atoms with Gasteiger partial charge in [-0.15, -0.1) is 0 Å². The third-order valence-corrected chi connectivity index (χ3v) is 31.8. The fourth-order valence-corrected chi connectivity index (χ4v) is 26.3. The molecule has 22 atom stereocenters. The molecule has 18 nitrogen and oxygen atoms in total. The van der Waals surface area contributed by atoms with E-state index in [0.29, 0.717) is 62.6 Å². The van der Waals surface area contributed by atoms with Gasteiger partial charge in [0.05, 0.1) is 50.5 Å². The molecule has 0 bridgehead atoms. The largest absolute Gasteiger partial charge is 0.481 e. The van der Waals surface area contributed by atoms with Crippen molar-refractivity contribution in [1.82, 2.24) is 21.3 Å². The lowest BCUT2D eigenvalue weighted by molar-refractivity contribution is -0.249. The van der Waals surface area contributed by atoms with E-state index >= 15 is 0 Å². The number of carboxylic acid groups (broad SMARTS) is 2. The van der Waals surface area contributed by atoms with Crippen molar-refractivity contribution in [2.24, 2.45) is 125 Å². The van der Waals surface area contributed by atoms with E-state index in [4.69, 9.17) is 28.4 Å². The molecular formula is C76H122N4O14. The molecule has 12 rings (SSSR count). The molecular weight excluding hydrogens is 1190 g/mol. The van der Waals surface area contributed by atoms with Crippen LogP contribution in [0.15, 0.2) is 0 Å². The van der Waals surface area contributed by atoms with Crippen molar-refractivity contribution in [1.29, 1.82) is 0 Å². The zero-order valence-electron chi connectivity index (χ0n) is 59.7. The summed E-state index contributed by atoms with van der Waals surface area (Å²) in [5.41, 5.74) is -1.65. The second-order valence-electron chi connectivity index (χ2n) is 36.3. The molecule has 530 valence electrons. The fourth-order valence-electron chi connectivity index (χ4n) is 26.3. The molecule has 12 aliphatic carbocycles. The third kappa shape index (κ3) is 11.6. The molecule has 0 aromatic carbocycles. The summed E-state index contributed by atoms with van der Waals surface area (Å²) in [6, 6.07) is 0.526. The Morgan fingerprint density at radius 1 is 0.404 bits per heavy atom. The maximum atomic E-state index is 13.6. The number of hydrogen-bond acceptors (Lipinski definition) is 12. The summed E-state index contributed by atoms with van der Waals surface area (Å²) in [6.07, 6.45) is 20.8. The van der Waals surface area contributed by atoms with Crippen molar-refractivity contribution < 1.29 is 67.4 Å². The van der Waals surface area contributed by atoms with Crippen molar-refractivity contribution in [3.63, 3.8) is 0 Å². The Morgan fingerprint density at radius 3 is 1.15 bits per heavy atom. The number of fused-ring (bicyclic) bond motifs is 14. The van der Waals surface area contributed by atoms with Crippen LogP contribution in [0.2, 0.25) is 0 Å². The number of aliphatic carboxylic acids is 2. The molecule has 12 aliphatic rings. The van der Waals surface area contributed by atoms with Gasteiger partial charge in [0, 0.05) is 36.0 Å². The highest BCUT2D eigenvalue weighted by Gasteiger charge is 2.75. The zero-order valence-corrected chi connectivity index (χ0v) is 59.7. The number of amides is 4. The maximum absolute atomic E-state index is 13.6. The van der Waals surface area contributed by atoms with Crippen LogP contribution in [-0.2, 0) is 38.0 Å². The molecule has 0 saturated heterocycles. The summed E-state index contributed by atoms with van der Waals surface area (Å²) in [6.45, 7) is 30.9. The van der Waals surface area contributed by atoms with E-state index in [1.54, 1.807) is 0 Å². The van der Waals surface area contributed by atoms with Gasteiger partial charge in [0.15, 0.2) is 0 Å². The molecule has 0 spiro atoms. The summed E-state index contributed by atoms with van der Waals surface area (Å²) < 4.78 is 35.7. The van der Waals surface area contributed by atoms with Gasteiger partial charge in [0.2, 0.25) is 0 Å². The topological polar surface area (TPSA) is 246 Å². The maximum Gasteiger partial charge on any atom is 0.407 e. The molecule has 0 heterocycles. The van der Waals surface area contributed by atoms with Gasteiger partial charge in [0.25, 0.3) is 0 Å². The SMILES string of the molecule is C[C@@H](COC(=O)NCCOCCOCCNC(=O)OC[C@H](C)[C@@H]1CC[C@]2(C(=O)O)CC[C@]3(C)C(CCC4[C@@]5(C)CC[C@@H](OC(=O)NC6CC6)C(C)(C)C5CC[C@]43C)C12)[C@@H]1CC[C@]2(C(=O)O)CC[C@]3(C)C(CCC4[C@@]5(C)CC[C@@H](OC(=O)NC6CC6)C(C)(C)C5CC[C@]43C)C12. The molecule has 0 aliphatic heterocycles. The van der Waals surface area contributed by atoms with Crippen molar-refractivity contribution in [2.75, 3.05) is 52.7 Å². The lowest BCUT2D eigenvalue weighted by atomic mass is 9.32. The lowest BCUT2D eigenvalue weighted by Crippen LogP contribution is -2.67. The highest BCUT2D eigenvalue weighted by molar-refractivity contribution is 5.77. The first kappa shape index (κ1) is 69.8. The van der Waals surface area contributed by atoms with Crippen molar-refractivity contribution >= 4 is 36.3 Å². The van der Waals surface area contributed by atoms with Crippen molar-refractivity contribution in [2.45, 2.75) is 261 Å². The smallest absolute Gasteiger partial charge is 0.407 e. The first-order valence-electron chi connectivity index (χ1n) is 37.7. The number of carbonyl (C=O) groups excluding carboxylic acids is 4. The predicted molar refractivity (Wildman–Crippen MR) is 355 cm³/mol. The van der Waals surface area contributed by atoms with E-state index < -0.39 is 35.0 Å². The fraction of sp³-hybridized carbons (Fsp3) is 0.921. The Balaban J connectivity index is 0.553. The van der Waals surface area contributed by atoms with E-state index in [-0.39, 0.29) is 167 Å². The Morgan fingerprint density at radius 2 is 0.787 bits per heavy atom. The molecule has 0 aromatic rings. The quantitative estimate of drug-likeness (QED) is 0.0462. The van der Waals surface area contributed by atoms with Crippen LogP contribution in [0.25, 0.3) is 0 Å². The van der Waals surface area contributed by atoms with Crippen LogP contribution in [0.5, 0.6) is 0 Å². The Bertz CT molecular complexity index is 2660. The molecule has 0 radical (unpaired) electrons. The van der Waals surface area contributed by atoms with Gasteiger partial charge in [-0.2, -0.15) is 0 Å². The van der Waals surface area contributed by atoms with E-state index in [2.05, 4.69) is 104 Å². The van der Waals surface area contributed by atoms with Gasteiger partial charge < -0.3 is 59.9 Å². The van der Waals surface area contributed by atoms with Gasteiger partial charge in [-0.25, -0.2) is 19.2 Å². The average Bonchev–Trinajstić information content (AvgIpc) is 1.02. The normalized spacial score (nSPS) is 44.3. The minimum Gasteiger partial charge on any atom is -0.481 e. The zero-order chi connectivity index (χ0) is 67.4. The summed E-state index contributed by atoms with van der Waals surface area (Å²) in [5.74, 6) is 1.30. The second kappa shape index (κ2) is 25.6. The van der Waals surface area contributed by atoms with E-state index in [1.165, 1.54) is 0 Å². The minimum absolute atomic E-state index is 0.00729. The number of alkyl carbamates (subject to hydrolysis) is 4. The number of carboxylic acids is 2. The van der Waals surface area contributed by atoms with Crippen LogP contribution < -0.4 is 21.3 Å². The summed E-state index contributed by atoms with van der Waals surface area (Å²) in [5, 5.41) is 34.0. The first-order chi connectivity index (χ1) is 44.4. The third-order valence-electron chi connectivity index (χ3n) is 31.8. The van der Waals surface area contributed by atoms with Crippen LogP contribution in [0.3, 0.4) is 0 Å². The standard InChI is InChI=1S/C76H122N4O14/c1-45(49-21-31-75(61(81)82)35-33-71(9)51(59(49)75)17-19-55-69(7)27-25-57(93-65(87)79-47-13-14-47)67(3,4)53(69)23-29-73(55,71)11)43-91-63(85)77-37-39-89-41-42-90-40-38-78-64(86)92-44-46(2)50-22-32-76(62(83)84)36-34-72(10)52(60(50)76)18-20-56-70(8)28-26-58(94-66(88)80-48-15-16-48)68(5,6)54(70)24-30-74(56,72)12/h45-60H,13-44H2,1-12H3,(H,77,85)(H,78,86)(H,79,87)(H,80,88)(H,81,82)(H,83,84)/t45-,46-,49-,50-,51?,52?,53?,54?,55?,56?,57+,58+,59?,60?,69-,70-,71+,72+,73+,74+,75-,76-/m0/s1. The van der Waals surface area contributed by atoms with E-state index in [0.717, 1.165) is 128 Å². The Labute approximate surface area is 561 Å². The number of nitrogens with one attached hydrogen (secondary N) is 4. The highest BCUT2D eigenvalue weighted by atomic mass is 16.6. The number of ether oxygens (including phenoxy) is 6. The van der Waals surface area contributed by atoms with Gasteiger partial charge in [-0.1, -0.05) is 83.1 Å².